The van der Waals surface area contributed by atoms with E-state index in [1.165, 1.54) is 29.2 Å². The summed E-state index contributed by atoms with van der Waals surface area (Å²) < 4.78 is 28.7. The highest BCUT2D eigenvalue weighted by Crippen LogP contribution is 2.25. The van der Waals surface area contributed by atoms with Gasteiger partial charge in [0.25, 0.3) is 10.0 Å². The molecule has 0 fully saturated rings. The minimum Gasteiger partial charge on any atom is -0.352 e. The molecule has 0 saturated carbocycles. The van der Waals surface area contributed by atoms with Gasteiger partial charge in [0.1, 0.15) is 12.6 Å². The molecule has 0 spiro atoms. The van der Waals surface area contributed by atoms with Crippen molar-refractivity contribution >= 4 is 39.1 Å². The van der Waals surface area contributed by atoms with Gasteiger partial charge in [0.15, 0.2) is 0 Å². The number of benzene rings is 3. The Morgan fingerprint density at radius 3 is 2.08 bits per heavy atom. The molecule has 0 aromatic heterocycles. The van der Waals surface area contributed by atoms with Gasteiger partial charge in [-0.15, -0.1) is 0 Å². The smallest absolute Gasteiger partial charge is 0.264 e. The molecule has 9 heteroatoms. The average molecular weight is 570 g/mol. The van der Waals surface area contributed by atoms with Gasteiger partial charge in [0.2, 0.25) is 11.8 Å². The molecule has 0 aliphatic heterocycles. The molecule has 7 nitrogen and oxygen atoms in total. The van der Waals surface area contributed by atoms with Gasteiger partial charge in [-0.1, -0.05) is 73.5 Å². The molecular formula is C30H36ClN3O4S. The van der Waals surface area contributed by atoms with Crippen molar-refractivity contribution in [1.29, 1.82) is 0 Å². The second-order valence-electron chi connectivity index (χ2n) is 9.55. The quantitative estimate of drug-likeness (QED) is 0.309. The molecule has 2 amide bonds. The van der Waals surface area contributed by atoms with Crippen molar-refractivity contribution in [2.24, 2.45) is 0 Å². The molecule has 208 valence electrons. The van der Waals surface area contributed by atoms with E-state index in [-0.39, 0.29) is 23.4 Å². The first-order valence-corrected chi connectivity index (χ1v) is 14.9. The minimum atomic E-state index is -4.13. The number of sulfonamides is 1. The van der Waals surface area contributed by atoms with Gasteiger partial charge in [0, 0.05) is 17.6 Å². The summed E-state index contributed by atoms with van der Waals surface area (Å²) in [6.45, 7) is 7.38. The van der Waals surface area contributed by atoms with Crippen molar-refractivity contribution in [1.82, 2.24) is 10.2 Å². The topological polar surface area (TPSA) is 86.8 Å². The van der Waals surface area contributed by atoms with Crippen LogP contribution in [0, 0.1) is 6.92 Å². The van der Waals surface area contributed by atoms with E-state index in [0.29, 0.717) is 17.1 Å². The van der Waals surface area contributed by atoms with Crippen LogP contribution in [0.4, 0.5) is 5.69 Å². The van der Waals surface area contributed by atoms with Gasteiger partial charge in [0.05, 0.1) is 10.6 Å². The second-order valence-corrected chi connectivity index (χ2v) is 11.8. The second kappa shape index (κ2) is 13.6. The molecule has 39 heavy (non-hydrogen) atoms. The SMILES string of the molecule is CC[C@@H](C)NC(=O)[C@@H](CC)N(Cc1ccc(C)cc1)C(=O)CN(c1ccccc1)S(=O)(=O)c1ccc(Cl)cc1. The van der Waals surface area contributed by atoms with Crippen LogP contribution in [0.3, 0.4) is 0 Å². The number of anilines is 1. The number of carbonyl (C=O) groups is 2. The van der Waals surface area contributed by atoms with Crippen LogP contribution < -0.4 is 9.62 Å². The lowest BCUT2D eigenvalue weighted by Gasteiger charge is -2.33. The van der Waals surface area contributed by atoms with E-state index in [1.54, 1.807) is 30.3 Å². The van der Waals surface area contributed by atoms with Gasteiger partial charge in [-0.05, 0) is 68.7 Å². The predicted octanol–water partition coefficient (Wildman–Crippen LogP) is 5.57. The van der Waals surface area contributed by atoms with Gasteiger partial charge >= 0.3 is 0 Å². The lowest BCUT2D eigenvalue weighted by atomic mass is 10.1. The third-order valence-corrected chi connectivity index (χ3v) is 8.63. The van der Waals surface area contributed by atoms with E-state index < -0.39 is 28.5 Å². The van der Waals surface area contributed by atoms with Gasteiger partial charge in [-0.25, -0.2) is 8.42 Å². The van der Waals surface area contributed by atoms with Crippen LogP contribution in [0.15, 0.2) is 83.8 Å². The minimum absolute atomic E-state index is 0.00944. The Morgan fingerprint density at radius 1 is 0.897 bits per heavy atom. The zero-order valence-electron chi connectivity index (χ0n) is 22.8. The zero-order chi connectivity index (χ0) is 28.6. The zero-order valence-corrected chi connectivity index (χ0v) is 24.4. The Labute approximate surface area is 236 Å². The first-order valence-electron chi connectivity index (χ1n) is 13.1. The fraction of sp³-hybridized carbons (Fsp3) is 0.333. The fourth-order valence-corrected chi connectivity index (χ4v) is 5.65. The number of para-hydroxylation sites is 1. The number of nitrogens with zero attached hydrogens (tertiary/aromatic N) is 2. The van der Waals surface area contributed by atoms with E-state index in [0.717, 1.165) is 21.9 Å². The number of amides is 2. The van der Waals surface area contributed by atoms with Crippen molar-refractivity contribution in [2.45, 2.75) is 64.1 Å². The number of carbonyl (C=O) groups excluding carboxylic acids is 2. The van der Waals surface area contributed by atoms with Crippen LogP contribution in [-0.2, 0) is 26.2 Å². The molecule has 3 rings (SSSR count). The highest BCUT2D eigenvalue weighted by Gasteiger charge is 2.33. The highest BCUT2D eigenvalue weighted by atomic mass is 35.5. The maximum absolute atomic E-state index is 14.0. The Morgan fingerprint density at radius 2 is 1.51 bits per heavy atom. The van der Waals surface area contributed by atoms with E-state index in [9.17, 15) is 18.0 Å². The highest BCUT2D eigenvalue weighted by molar-refractivity contribution is 7.92. The largest absolute Gasteiger partial charge is 0.352 e. The summed E-state index contributed by atoms with van der Waals surface area (Å²) in [7, 11) is -4.13. The summed E-state index contributed by atoms with van der Waals surface area (Å²) in [5.74, 6) is -0.748. The number of halogens is 1. The normalized spacial score (nSPS) is 12.8. The maximum atomic E-state index is 14.0. The molecular weight excluding hydrogens is 534 g/mol. The van der Waals surface area contributed by atoms with Crippen LogP contribution in [0.5, 0.6) is 0 Å². The van der Waals surface area contributed by atoms with Crippen molar-refractivity contribution in [3.8, 4) is 0 Å². The van der Waals surface area contributed by atoms with E-state index in [2.05, 4.69) is 5.32 Å². The van der Waals surface area contributed by atoms with Crippen molar-refractivity contribution in [3.05, 3.63) is 95.0 Å². The molecule has 0 saturated heterocycles. The van der Waals surface area contributed by atoms with Crippen LogP contribution in [0.2, 0.25) is 5.02 Å². The van der Waals surface area contributed by atoms with Crippen LogP contribution in [0.1, 0.15) is 44.7 Å². The number of hydrogen-bond acceptors (Lipinski definition) is 4. The van der Waals surface area contributed by atoms with Crippen LogP contribution in [0.25, 0.3) is 0 Å². The van der Waals surface area contributed by atoms with E-state index in [4.69, 9.17) is 11.6 Å². The molecule has 0 aliphatic carbocycles. The van der Waals surface area contributed by atoms with Gasteiger partial charge < -0.3 is 10.2 Å². The number of aryl methyl sites for hydroxylation is 1. The first kappa shape index (κ1) is 30.2. The summed E-state index contributed by atoms with van der Waals surface area (Å²) in [6, 6.07) is 21.2. The standard InChI is InChI=1S/C30H36ClN3O4S/c1-5-23(4)32-30(36)28(6-2)33(20-24-14-12-22(3)13-15-24)29(35)21-34(26-10-8-7-9-11-26)39(37,38)27-18-16-25(31)17-19-27/h7-19,23,28H,5-6,20-21H2,1-4H3,(H,32,36)/t23-,28-/m1/s1. The summed E-state index contributed by atoms with van der Waals surface area (Å²) in [6.07, 6.45) is 1.12. The number of hydrogen-bond donors (Lipinski definition) is 1. The average Bonchev–Trinajstić information content (AvgIpc) is 2.93. The monoisotopic (exact) mass is 569 g/mol. The molecule has 0 unspecified atom stereocenters. The molecule has 3 aromatic carbocycles. The molecule has 0 radical (unpaired) electrons. The Bertz CT molecular complexity index is 1350. The molecule has 1 N–H and O–H groups in total. The molecule has 2 atom stereocenters. The Balaban J connectivity index is 2.02. The van der Waals surface area contributed by atoms with Crippen molar-refractivity contribution in [2.75, 3.05) is 10.8 Å². The summed E-state index contributed by atoms with van der Waals surface area (Å²) in [5.41, 5.74) is 2.26. The molecule has 0 heterocycles. The third-order valence-electron chi connectivity index (χ3n) is 6.59. The maximum Gasteiger partial charge on any atom is 0.264 e. The lowest BCUT2D eigenvalue weighted by Crippen LogP contribution is -2.53. The number of rotatable bonds is 12. The van der Waals surface area contributed by atoms with Crippen LogP contribution in [-0.4, -0.2) is 43.8 Å². The summed E-state index contributed by atoms with van der Waals surface area (Å²) in [5, 5.41) is 3.38. The summed E-state index contributed by atoms with van der Waals surface area (Å²) in [4.78, 5) is 28.8. The van der Waals surface area contributed by atoms with Gasteiger partial charge in [-0.3, -0.25) is 13.9 Å². The van der Waals surface area contributed by atoms with Crippen molar-refractivity contribution in [3.63, 3.8) is 0 Å². The number of nitrogens with one attached hydrogen (secondary N) is 1. The predicted molar refractivity (Wildman–Crippen MR) is 156 cm³/mol. The summed E-state index contributed by atoms with van der Waals surface area (Å²) >= 11 is 5.99. The van der Waals surface area contributed by atoms with Crippen LogP contribution >= 0.6 is 11.6 Å². The first-order chi connectivity index (χ1) is 18.6. The molecule has 0 bridgehead atoms. The fourth-order valence-electron chi connectivity index (χ4n) is 4.11. The Kier molecular flexibility index (Phi) is 10.5. The van der Waals surface area contributed by atoms with Crippen molar-refractivity contribution < 1.29 is 18.0 Å². The van der Waals surface area contributed by atoms with E-state index >= 15 is 0 Å². The molecule has 0 aliphatic rings. The van der Waals surface area contributed by atoms with Gasteiger partial charge in [-0.2, -0.15) is 0 Å². The van der Waals surface area contributed by atoms with E-state index in [1.807, 2.05) is 52.0 Å². The third kappa shape index (κ3) is 7.83. The lowest BCUT2D eigenvalue weighted by molar-refractivity contribution is -0.140. The molecule has 3 aromatic rings. The Hall–Kier alpha value is -3.36.